The fourth-order valence-electron chi connectivity index (χ4n) is 1.09. The molecule has 0 saturated carbocycles. The lowest BCUT2D eigenvalue weighted by Gasteiger charge is -2.09. The van der Waals surface area contributed by atoms with Crippen LogP contribution in [0, 0.1) is 0 Å². The summed E-state index contributed by atoms with van der Waals surface area (Å²) in [5, 5.41) is 5.57. The first-order chi connectivity index (χ1) is 6.40. The van der Waals surface area contributed by atoms with Gasteiger partial charge in [-0.2, -0.15) is 0 Å². The summed E-state index contributed by atoms with van der Waals surface area (Å²) in [5.74, 6) is 0.129. The number of anilines is 1. The van der Waals surface area contributed by atoms with Crippen LogP contribution in [-0.2, 0) is 9.53 Å². The lowest BCUT2D eigenvalue weighted by molar-refractivity contribution is -0.103. The summed E-state index contributed by atoms with van der Waals surface area (Å²) in [6, 6.07) is 9.54. The Morgan fingerprint density at radius 3 is 2.77 bits per heavy atom. The average molecular weight is 176 g/mol. The number of aldehydes is 1. The molecular weight excluding hydrogens is 168 g/mol. The van der Waals surface area contributed by atoms with E-state index in [-0.39, 0.29) is 5.90 Å². The quantitative estimate of drug-likeness (QED) is 0.631. The number of carbonyl (C=O) groups excluding carboxylic acids is 1. The Morgan fingerprint density at radius 1 is 1.38 bits per heavy atom. The number of benzene rings is 1. The van der Waals surface area contributed by atoms with Crippen LogP contribution in [0.4, 0.5) is 5.69 Å². The van der Waals surface area contributed by atoms with Crippen molar-refractivity contribution >= 4 is 17.9 Å². The molecule has 0 fully saturated rings. The van der Waals surface area contributed by atoms with Crippen molar-refractivity contribution in [1.82, 2.24) is 0 Å². The third-order valence-electron chi connectivity index (χ3n) is 1.71. The molecule has 1 aliphatic heterocycles. The molecule has 0 spiro atoms. The van der Waals surface area contributed by atoms with Gasteiger partial charge in [-0.25, -0.2) is 5.01 Å². The minimum atomic E-state index is 0.129. The van der Waals surface area contributed by atoms with Gasteiger partial charge in [0.1, 0.15) is 0 Å². The summed E-state index contributed by atoms with van der Waals surface area (Å²) in [7, 11) is 0. The van der Waals surface area contributed by atoms with Gasteiger partial charge in [0.05, 0.1) is 5.69 Å². The van der Waals surface area contributed by atoms with Crippen LogP contribution >= 0.6 is 0 Å². The van der Waals surface area contributed by atoms with Crippen LogP contribution < -0.4 is 5.01 Å². The molecule has 13 heavy (non-hydrogen) atoms. The van der Waals surface area contributed by atoms with Crippen LogP contribution in [0.5, 0.6) is 0 Å². The minimum absolute atomic E-state index is 0.129. The standard InChI is InChI=1S/C9H8N2O2/c12-6-9-10-11(7-13-9)8-4-2-1-3-5-8/h1-6H,7H2. The van der Waals surface area contributed by atoms with Crippen molar-refractivity contribution in [1.29, 1.82) is 0 Å². The van der Waals surface area contributed by atoms with E-state index in [2.05, 4.69) is 5.10 Å². The largest absolute Gasteiger partial charge is 0.451 e. The average Bonchev–Trinajstić information content (AvgIpc) is 2.67. The second-order valence-electron chi connectivity index (χ2n) is 2.56. The fourth-order valence-corrected chi connectivity index (χ4v) is 1.09. The lowest BCUT2D eigenvalue weighted by atomic mass is 10.3. The van der Waals surface area contributed by atoms with E-state index < -0.39 is 0 Å². The summed E-state index contributed by atoms with van der Waals surface area (Å²) < 4.78 is 4.98. The molecule has 1 aliphatic rings. The van der Waals surface area contributed by atoms with E-state index in [9.17, 15) is 4.79 Å². The molecule has 4 heteroatoms. The zero-order valence-electron chi connectivity index (χ0n) is 6.88. The third kappa shape index (κ3) is 1.51. The predicted molar refractivity (Wildman–Crippen MR) is 48.4 cm³/mol. The number of carbonyl (C=O) groups is 1. The zero-order valence-corrected chi connectivity index (χ0v) is 6.88. The molecule has 4 nitrogen and oxygen atoms in total. The van der Waals surface area contributed by atoms with E-state index in [1.54, 1.807) is 5.01 Å². The number of hydrazone groups is 1. The van der Waals surface area contributed by atoms with Gasteiger partial charge >= 0.3 is 0 Å². The summed E-state index contributed by atoms with van der Waals surface area (Å²) in [6.45, 7) is 0.304. The summed E-state index contributed by atoms with van der Waals surface area (Å²) in [5.41, 5.74) is 0.916. The highest BCUT2D eigenvalue weighted by atomic mass is 16.5. The van der Waals surface area contributed by atoms with Crippen molar-refractivity contribution in [3.05, 3.63) is 30.3 Å². The maximum atomic E-state index is 10.3. The van der Waals surface area contributed by atoms with Gasteiger partial charge in [-0.05, 0) is 12.1 Å². The van der Waals surface area contributed by atoms with E-state index in [1.807, 2.05) is 30.3 Å². The molecule has 0 atom stereocenters. The third-order valence-corrected chi connectivity index (χ3v) is 1.71. The molecule has 1 aromatic carbocycles. The molecule has 0 unspecified atom stereocenters. The Labute approximate surface area is 75.4 Å². The Balaban J connectivity index is 2.21. The Hall–Kier alpha value is -1.84. The van der Waals surface area contributed by atoms with E-state index in [1.165, 1.54) is 0 Å². The number of rotatable bonds is 2. The first-order valence-corrected chi connectivity index (χ1v) is 3.89. The maximum absolute atomic E-state index is 10.3. The molecule has 0 amide bonds. The Bertz CT molecular complexity index is 335. The predicted octanol–water partition coefficient (Wildman–Crippen LogP) is 0.993. The van der Waals surface area contributed by atoms with Crippen molar-refractivity contribution in [2.45, 2.75) is 0 Å². The molecule has 0 aliphatic carbocycles. The molecule has 2 rings (SSSR count). The first kappa shape index (κ1) is 7.79. The zero-order chi connectivity index (χ0) is 9.10. The van der Waals surface area contributed by atoms with Gasteiger partial charge in [0.2, 0.25) is 6.29 Å². The summed E-state index contributed by atoms with van der Waals surface area (Å²) in [6.07, 6.45) is 0.600. The number of ether oxygens (including phenoxy) is 1. The smallest absolute Gasteiger partial charge is 0.273 e. The second kappa shape index (κ2) is 3.26. The highest BCUT2D eigenvalue weighted by Crippen LogP contribution is 2.16. The summed E-state index contributed by atoms with van der Waals surface area (Å²) in [4.78, 5) is 10.3. The van der Waals surface area contributed by atoms with Gasteiger partial charge in [0.15, 0.2) is 6.73 Å². The van der Waals surface area contributed by atoms with Crippen molar-refractivity contribution in [2.24, 2.45) is 5.10 Å². The van der Waals surface area contributed by atoms with Crippen molar-refractivity contribution < 1.29 is 9.53 Å². The number of hydrogen-bond acceptors (Lipinski definition) is 4. The number of nitrogens with zero attached hydrogens (tertiary/aromatic N) is 2. The normalized spacial score (nSPS) is 15.1. The van der Waals surface area contributed by atoms with Crippen LogP contribution in [0.1, 0.15) is 0 Å². The van der Waals surface area contributed by atoms with E-state index in [0.717, 1.165) is 5.69 Å². The molecule has 66 valence electrons. The van der Waals surface area contributed by atoms with Gasteiger partial charge in [0.25, 0.3) is 5.90 Å². The minimum Gasteiger partial charge on any atom is -0.451 e. The second-order valence-corrected chi connectivity index (χ2v) is 2.56. The van der Waals surface area contributed by atoms with E-state index in [0.29, 0.717) is 13.0 Å². The molecule has 0 bridgehead atoms. The van der Waals surface area contributed by atoms with Gasteiger partial charge in [-0.3, -0.25) is 4.79 Å². The van der Waals surface area contributed by atoms with Crippen LogP contribution in [0.15, 0.2) is 35.4 Å². The van der Waals surface area contributed by atoms with Gasteiger partial charge < -0.3 is 4.74 Å². The van der Waals surface area contributed by atoms with Crippen LogP contribution in [0.3, 0.4) is 0 Å². The molecule has 0 saturated heterocycles. The van der Waals surface area contributed by atoms with Crippen LogP contribution in [0.2, 0.25) is 0 Å². The topological polar surface area (TPSA) is 41.9 Å². The highest BCUT2D eigenvalue weighted by Gasteiger charge is 2.15. The van der Waals surface area contributed by atoms with E-state index in [4.69, 9.17) is 4.74 Å². The number of hydrogen-bond donors (Lipinski definition) is 0. The fraction of sp³-hybridized carbons (Fsp3) is 0.111. The Kier molecular flexibility index (Phi) is 1.96. The van der Waals surface area contributed by atoms with Crippen LogP contribution in [-0.4, -0.2) is 18.9 Å². The maximum Gasteiger partial charge on any atom is 0.273 e. The Morgan fingerprint density at radius 2 is 2.15 bits per heavy atom. The monoisotopic (exact) mass is 176 g/mol. The molecule has 1 heterocycles. The molecule has 0 radical (unpaired) electrons. The van der Waals surface area contributed by atoms with Gasteiger partial charge in [-0.1, -0.05) is 18.2 Å². The van der Waals surface area contributed by atoms with E-state index >= 15 is 0 Å². The molecular formula is C9H8N2O2. The molecule has 1 aromatic rings. The van der Waals surface area contributed by atoms with Gasteiger partial charge in [0, 0.05) is 0 Å². The molecule has 0 N–H and O–H groups in total. The van der Waals surface area contributed by atoms with Crippen molar-refractivity contribution in [2.75, 3.05) is 11.7 Å². The van der Waals surface area contributed by atoms with Crippen LogP contribution in [0.25, 0.3) is 0 Å². The highest BCUT2D eigenvalue weighted by molar-refractivity contribution is 6.24. The molecule has 0 aromatic heterocycles. The number of para-hydroxylation sites is 1. The lowest BCUT2D eigenvalue weighted by Crippen LogP contribution is -2.12. The SMILES string of the molecule is O=CC1=NN(c2ccccc2)CO1. The first-order valence-electron chi connectivity index (χ1n) is 3.89. The van der Waals surface area contributed by atoms with Gasteiger partial charge in [-0.15, -0.1) is 5.10 Å². The van der Waals surface area contributed by atoms with Crippen molar-refractivity contribution in [3.8, 4) is 0 Å². The van der Waals surface area contributed by atoms with Crippen molar-refractivity contribution in [3.63, 3.8) is 0 Å². The summed E-state index contributed by atoms with van der Waals surface area (Å²) >= 11 is 0.